The van der Waals surface area contributed by atoms with E-state index < -0.39 is 18.5 Å². The number of phenols is 1. The summed E-state index contributed by atoms with van der Waals surface area (Å²) in [5.41, 5.74) is 2.26. The molecule has 0 bridgehead atoms. The van der Waals surface area contributed by atoms with Gasteiger partial charge in [-0.05, 0) is 80.1 Å². The number of anilines is 2. The third-order valence-corrected chi connectivity index (χ3v) is 4.63. The van der Waals surface area contributed by atoms with Gasteiger partial charge >= 0.3 is 5.97 Å². The molecule has 0 saturated heterocycles. The normalized spacial score (nSPS) is 10.2. The first kappa shape index (κ1) is 23.3. The number of benzene rings is 3. The molecule has 0 unspecified atom stereocenters. The molecule has 0 fully saturated rings. The van der Waals surface area contributed by atoms with E-state index in [-0.39, 0.29) is 17.2 Å². The molecule has 33 heavy (non-hydrogen) atoms. The third-order valence-electron chi connectivity index (χ3n) is 4.63. The molecule has 0 aliphatic carbocycles. The SMILES string of the molecule is CCOc1ccc(NC(=O)c2ccc(NC(=O)COC(=O)c3ccc(C)c(O)c3)cc2)cc1. The number of nitrogens with one attached hydrogen (secondary N) is 2. The van der Waals surface area contributed by atoms with E-state index in [9.17, 15) is 19.5 Å². The van der Waals surface area contributed by atoms with Crippen molar-refractivity contribution in [1.29, 1.82) is 0 Å². The molecule has 8 nitrogen and oxygen atoms in total. The number of carbonyl (C=O) groups excluding carboxylic acids is 3. The summed E-state index contributed by atoms with van der Waals surface area (Å²) in [5.74, 6) is -0.862. The van der Waals surface area contributed by atoms with Crippen LogP contribution in [-0.2, 0) is 9.53 Å². The summed E-state index contributed by atoms with van der Waals surface area (Å²) in [6.07, 6.45) is 0. The number of esters is 1. The quantitative estimate of drug-likeness (QED) is 0.446. The Morgan fingerprint density at radius 1 is 0.848 bits per heavy atom. The zero-order valence-electron chi connectivity index (χ0n) is 18.3. The molecule has 3 aromatic rings. The number of amides is 2. The minimum absolute atomic E-state index is 0.0273. The Balaban J connectivity index is 1.49. The van der Waals surface area contributed by atoms with Crippen molar-refractivity contribution in [2.45, 2.75) is 13.8 Å². The van der Waals surface area contributed by atoms with Crippen LogP contribution in [0.15, 0.2) is 66.7 Å². The first-order chi connectivity index (χ1) is 15.9. The van der Waals surface area contributed by atoms with E-state index in [4.69, 9.17) is 9.47 Å². The second-order valence-corrected chi connectivity index (χ2v) is 7.11. The van der Waals surface area contributed by atoms with Gasteiger partial charge in [0.2, 0.25) is 0 Å². The van der Waals surface area contributed by atoms with Gasteiger partial charge in [-0.1, -0.05) is 6.07 Å². The minimum Gasteiger partial charge on any atom is -0.508 e. The summed E-state index contributed by atoms with van der Waals surface area (Å²) in [6.45, 7) is 3.67. The van der Waals surface area contributed by atoms with Gasteiger partial charge in [-0.3, -0.25) is 9.59 Å². The van der Waals surface area contributed by atoms with Crippen LogP contribution >= 0.6 is 0 Å². The van der Waals surface area contributed by atoms with Gasteiger partial charge in [0.25, 0.3) is 11.8 Å². The number of hydrogen-bond acceptors (Lipinski definition) is 6. The van der Waals surface area contributed by atoms with Crippen LogP contribution in [0.2, 0.25) is 0 Å². The Bertz CT molecular complexity index is 1140. The van der Waals surface area contributed by atoms with Crippen molar-refractivity contribution < 1.29 is 29.0 Å². The number of ether oxygens (including phenoxy) is 2. The molecule has 0 aliphatic rings. The second-order valence-electron chi connectivity index (χ2n) is 7.11. The summed E-state index contributed by atoms with van der Waals surface area (Å²) >= 11 is 0. The first-order valence-corrected chi connectivity index (χ1v) is 10.3. The van der Waals surface area contributed by atoms with Crippen LogP contribution in [0.3, 0.4) is 0 Å². The van der Waals surface area contributed by atoms with Crippen LogP contribution in [0.25, 0.3) is 0 Å². The number of aryl methyl sites for hydroxylation is 1. The molecule has 0 heterocycles. The number of aromatic hydroxyl groups is 1. The molecule has 2 amide bonds. The van der Waals surface area contributed by atoms with E-state index in [1.54, 1.807) is 61.5 Å². The van der Waals surface area contributed by atoms with E-state index in [1.165, 1.54) is 12.1 Å². The van der Waals surface area contributed by atoms with Crippen LogP contribution in [0.4, 0.5) is 11.4 Å². The Morgan fingerprint density at radius 3 is 2.09 bits per heavy atom. The summed E-state index contributed by atoms with van der Waals surface area (Å²) < 4.78 is 10.3. The summed E-state index contributed by atoms with van der Waals surface area (Å²) in [7, 11) is 0. The van der Waals surface area contributed by atoms with E-state index in [2.05, 4.69) is 10.6 Å². The van der Waals surface area contributed by atoms with Gasteiger partial charge in [0.05, 0.1) is 12.2 Å². The van der Waals surface area contributed by atoms with E-state index in [0.29, 0.717) is 29.1 Å². The van der Waals surface area contributed by atoms with Gasteiger partial charge in [-0.2, -0.15) is 0 Å². The van der Waals surface area contributed by atoms with E-state index >= 15 is 0 Å². The fourth-order valence-corrected chi connectivity index (χ4v) is 2.86. The molecule has 0 aliphatic heterocycles. The van der Waals surface area contributed by atoms with Crippen molar-refractivity contribution in [2.24, 2.45) is 0 Å². The molecule has 3 aromatic carbocycles. The molecule has 0 aromatic heterocycles. The maximum atomic E-state index is 12.4. The highest BCUT2D eigenvalue weighted by molar-refractivity contribution is 6.04. The molecule has 0 spiro atoms. The van der Waals surface area contributed by atoms with E-state index in [0.717, 1.165) is 5.75 Å². The van der Waals surface area contributed by atoms with Crippen molar-refractivity contribution >= 4 is 29.2 Å². The van der Waals surface area contributed by atoms with Gasteiger partial charge in [0, 0.05) is 16.9 Å². The van der Waals surface area contributed by atoms with Crippen LogP contribution in [-0.4, -0.2) is 36.1 Å². The second kappa shape index (κ2) is 10.8. The molecule has 8 heteroatoms. The van der Waals surface area contributed by atoms with Crippen LogP contribution < -0.4 is 15.4 Å². The Morgan fingerprint density at radius 2 is 1.45 bits per heavy atom. The lowest BCUT2D eigenvalue weighted by molar-refractivity contribution is -0.119. The molecule has 3 N–H and O–H groups in total. The third kappa shape index (κ3) is 6.57. The molecule has 0 radical (unpaired) electrons. The van der Waals surface area contributed by atoms with Crippen molar-refractivity contribution in [3.8, 4) is 11.5 Å². The Kier molecular flexibility index (Phi) is 7.64. The van der Waals surface area contributed by atoms with Gasteiger partial charge in [-0.15, -0.1) is 0 Å². The van der Waals surface area contributed by atoms with Crippen molar-refractivity contribution in [3.63, 3.8) is 0 Å². The molecule has 0 saturated carbocycles. The fourth-order valence-electron chi connectivity index (χ4n) is 2.86. The highest BCUT2D eigenvalue weighted by Crippen LogP contribution is 2.19. The predicted molar refractivity (Wildman–Crippen MR) is 124 cm³/mol. The standard InChI is InChI=1S/C25H24N2O6/c1-3-32-21-12-10-20(11-13-21)27-24(30)17-6-8-19(9-7-17)26-23(29)15-33-25(31)18-5-4-16(2)22(28)14-18/h4-14,28H,3,15H2,1-2H3,(H,26,29)(H,27,30). The van der Waals surface area contributed by atoms with Crippen LogP contribution in [0.5, 0.6) is 11.5 Å². The highest BCUT2D eigenvalue weighted by atomic mass is 16.5. The molecule has 0 atom stereocenters. The van der Waals surface area contributed by atoms with Crippen LogP contribution in [0, 0.1) is 6.92 Å². The zero-order valence-corrected chi connectivity index (χ0v) is 18.3. The molecule has 170 valence electrons. The van der Waals surface area contributed by atoms with Crippen molar-refractivity contribution in [3.05, 3.63) is 83.4 Å². The van der Waals surface area contributed by atoms with Gasteiger partial charge < -0.3 is 25.2 Å². The molecular weight excluding hydrogens is 424 g/mol. The first-order valence-electron chi connectivity index (χ1n) is 10.3. The van der Waals surface area contributed by atoms with Gasteiger partial charge in [0.1, 0.15) is 11.5 Å². The highest BCUT2D eigenvalue weighted by Gasteiger charge is 2.12. The monoisotopic (exact) mass is 448 g/mol. The Hall–Kier alpha value is -4.33. The summed E-state index contributed by atoms with van der Waals surface area (Å²) in [6, 6.07) is 17.7. The summed E-state index contributed by atoms with van der Waals surface area (Å²) in [5, 5.41) is 15.1. The van der Waals surface area contributed by atoms with Gasteiger partial charge in [0.15, 0.2) is 6.61 Å². The molecular formula is C25H24N2O6. The lowest BCUT2D eigenvalue weighted by atomic mass is 10.1. The van der Waals surface area contributed by atoms with Crippen molar-refractivity contribution in [1.82, 2.24) is 0 Å². The largest absolute Gasteiger partial charge is 0.508 e. The van der Waals surface area contributed by atoms with Gasteiger partial charge in [-0.25, -0.2) is 4.79 Å². The summed E-state index contributed by atoms with van der Waals surface area (Å²) in [4.78, 5) is 36.5. The smallest absolute Gasteiger partial charge is 0.338 e. The lowest BCUT2D eigenvalue weighted by Gasteiger charge is -2.09. The number of phenolic OH excluding ortho intramolecular Hbond substituents is 1. The predicted octanol–water partition coefficient (Wildman–Crippen LogP) is 4.15. The maximum Gasteiger partial charge on any atom is 0.338 e. The minimum atomic E-state index is -0.721. The average Bonchev–Trinajstić information content (AvgIpc) is 2.81. The van der Waals surface area contributed by atoms with E-state index in [1.807, 2.05) is 6.92 Å². The number of carbonyl (C=O) groups is 3. The zero-order chi connectivity index (χ0) is 23.8. The number of rotatable bonds is 8. The van der Waals surface area contributed by atoms with Crippen LogP contribution in [0.1, 0.15) is 33.2 Å². The lowest BCUT2D eigenvalue weighted by Crippen LogP contribution is -2.21. The fraction of sp³-hybridized carbons (Fsp3) is 0.160. The average molecular weight is 448 g/mol. The number of hydrogen-bond donors (Lipinski definition) is 3. The Labute approximate surface area is 191 Å². The van der Waals surface area contributed by atoms with Crippen molar-refractivity contribution in [2.75, 3.05) is 23.8 Å². The maximum absolute atomic E-state index is 12.4. The molecule has 3 rings (SSSR count). The topological polar surface area (TPSA) is 114 Å².